The molecule has 1 unspecified atom stereocenters. The summed E-state index contributed by atoms with van der Waals surface area (Å²) in [5, 5.41) is 6.34. The van der Waals surface area contributed by atoms with Gasteiger partial charge in [-0.2, -0.15) is 4.98 Å². The van der Waals surface area contributed by atoms with E-state index in [0.717, 1.165) is 11.6 Å². The molecule has 1 aliphatic carbocycles. The van der Waals surface area contributed by atoms with Crippen molar-refractivity contribution >= 4 is 17.4 Å². The highest BCUT2D eigenvalue weighted by Crippen LogP contribution is 2.41. The van der Waals surface area contributed by atoms with E-state index in [1.807, 2.05) is 30.5 Å². The van der Waals surface area contributed by atoms with Gasteiger partial charge in [0, 0.05) is 23.7 Å². The summed E-state index contributed by atoms with van der Waals surface area (Å²) in [5.74, 6) is 2.55. The average molecular weight is 411 g/mol. The lowest BCUT2D eigenvalue weighted by atomic mass is 9.77. The highest BCUT2D eigenvalue weighted by atomic mass is 32.1. The van der Waals surface area contributed by atoms with Gasteiger partial charge in [-0.05, 0) is 88.2 Å². The van der Waals surface area contributed by atoms with Crippen LogP contribution in [0.1, 0.15) is 48.2 Å². The molecule has 0 amide bonds. The molecule has 1 aliphatic rings. The molecule has 1 atom stereocenters. The zero-order valence-electron chi connectivity index (χ0n) is 17.7. The van der Waals surface area contributed by atoms with E-state index in [0.29, 0.717) is 23.7 Å². The van der Waals surface area contributed by atoms with E-state index in [9.17, 15) is 0 Å². The fraction of sp³-hybridized carbons (Fsp3) is 0.478. The molecule has 1 saturated carbocycles. The summed E-state index contributed by atoms with van der Waals surface area (Å²) >= 11 is 1.88. The van der Waals surface area contributed by atoms with Crippen LogP contribution in [0, 0.1) is 18.8 Å². The lowest BCUT2D eigenvalue weighted by Crippen LogP contribution is -2.29. The normalized spacial score (nSPS) is 21.3. The molecule has 0 N–H and O–H groups in total. The predicted molar refractivity (Wildman–Crippen MR) is 119 cm³/mol. The Morgan fingerprint density at radius 1 is 1.21 bits per heavy atom. The van der Waals surface area contributed by atoms with Crippen LogP contribution in [0.3, 0.4) is 0 Å². The van der Waals surface area contributed by atoms with Crippen LogP contribution in [0.4, 0.5) is 0 Å². The van der Waals surface area contributed by atoms with Crippen molar-refractivity contribution in [2.24, 2.45) is 18.9 Å². The molecule has 154 valence electrons. The van der Waals surface area contributed by atoms with Gasteiger partial charge in [0.2, 0.25) is 5.82 Å². The Morgan fingerprint density at radius 2 is 2.00 bits per heavy atom. The van der Waals surface area contributed by atoms with E-state index >= 15 is 0 Å². The summed E-state index contributed by atoms with van der Waals surface area (Å²) in [6, 6.07) is 9.08. The molecule has 3 heterocycles. The smallest absolute Gasteiger partial charge is 0.250 e. The maximum Gasteiger partial charge on any atom is 0.250 e. The Hall–Kier alpha value is -2.18. The highest BCUT2D eigenvalue weighted by molar-refractivity contribution is 7.10. The average Bonchev–Trinajstić information content (AvgIpc) is 3.45. The molecule has 3 aromatic heterocycles. The Kier molecular flexibility index (Phi) is 6.01. The zero-order valence-corrected chi connectivity index (χ0v) is 18.5. The third-order valence-electron chi connectivity index (χ3n) is 6.21. The number of hydrogen-bond acceptors (Lipinski definition) is 5. The summed E-state index contributed by atoms with van der Waals surface area (Å²) in [4.78, 5) is 8.42. The number of aromatic nitrogens is 3. The zero-order chi connectivity index (χ0) is 20.4. The predicted octanol–water partition coefficient (Wildman–Crippen LogP) is 5.57. The van der Waals surface area contributed by atoms with Crippen molar-refractivity contribution in [1.82, 2.24) is 19.6 Å². The first kappa shape index (κ1) is 20.1. The molecule has 0 aromatic carbocycles. The third kappa shape index (κ3) is 4.38. The molecule has 29 heavy (non-hydrogen) atoms. The van der Waals surface area contributed by atoms with E-state index < -0.39 is 0 Å². The molecule has 0 saturated heterocycles. The van der Waals surface area contributed by atoms with Gasteiger partial charge < -0.3 is 14.0 Å². The molecular formula is C23H30N4OS. The van der Waals surface area contributed by atoms with Crippen molar-refractivity contribution in [1.29, 1.82) is 0 Å². The molecule has 0 aliphatic heterocycles. The van der Waals surface area contributed by atoms with Gasteiger partial charge in [-0.1, -0.05) is 17.3 Å². The van der Waals surface area contributed by atoms with Crippen LogP contribution in [0.2, 0.25) is 0 Å². The molecule has 5 nitrogen and oxygen atoms in total. The quantitative estimate of drug-likeness (QED) is 0.533. The van der Waals surface area contributed by atoms with E-state index in [2.05, 4.69) is 70.3 Å². The van der Waals surface area contributed by atoms with Gasteiger partial charge in [-0.15, -0.1) is 11.3 Å². The number of rotatable bonds is 6. The van der Waals surface area contributed by atoms with Crippen molar-refractivity contribution in [2.75, 3.05) is 14.1 Å². The van der Waals surface area contributed by atoms with Crippen LogP contribution in [0.15, 0.2) is 40.2 Å². The van der Waals surface area contributed by atoms with E-state index in [-0.39, 0.29) is 0 Å². The van der Waals surface area contributed by atoms with Crippen LogP contribution in [-0.2, 0) is 7.05 Å². The molecule has 4 rings (SSSR count). The second kappa shape index (κ2) is 8.67. The lowest BCUT2D eigenvalue weighted by molar-refractivity contribution is 0.162. The second-order valence-corrected chi connectivity index (χ2v) is 9.31. The van der Waals surface area contributed by atoms with Crippen LogP contribution in [0.25, 0.3) is 17.6 Å². The maximum absolute atomic E-state index is 5.45. The summed E-state index contributed by atoms with van der Waals surface area (Å²) in [6.07, 6.45) is 9.21. The highest BCUT2D eigenvalue weighted by Gasteiger charge is 2.29. The van der Waals surface area contributed by atoms with E-state index in [4.69, 9.17) is 4.52 Å². The summed E-state index contributed by atoms with van der Waals surface area (Å²) in [5.41, 5.74) is 2.16. The second-order valence-electron chi connectivity index (χ2n) is 8.33. The number of nitrogens with zero attached hydrogens (tertiary/aromatic N) is 4. The molecule has 0 bridgehead atoms. The number of aryl methyl sites for hydroxylation is 1. The Bertz CT molecular complexity index is 946. The Balaban J connectivity index is 1.36. The van der Waals surface area contributed by atoms with Crippen molar-refractivity contribution < 1.29 is 4.52 Å². The van der Waals surface area contributed by atoms with Crippen molar-refractivity contribution in [3.05, 3.63) is 52.2 Å². The fourth-order valence-electron chi connectivity index (χ4n) is 4.48. The van der Waals surface area contributed by atoms with Crippen molar-refractivity contribution in [3.63, 3.8) is 0 Å². The van der Waals surface area contributed by atoms with E-state index in [1.54, 1.807) is 0 Å². The van der Waals surface area contributed by atoms with Gasteiger partial charge in [0.05, 0.1) is 5.69 Å². The van der Waals surface area contributed by atoms with Crippen LogP contribution in [0.5, 0.6) is 0 Å². The van der Waals surface area contributed by atoms with Gasteiger partial charge in [0.25, 0.3) is 5.89 Å². The fourth-order valence-corrected chi connectivity index (χ4v) is 5.50. The Labute approximate surface area is 177 Å². The summed E-state index contributed by atoms with van der Waals surface area (Å²) < 4.78 is 7.53. The minimum Gasteiger partial charge on any atom is -0.345 e. The lowest BCUT2D eigenvalue weighted by Gasteiger charge is -2.36. The molecule has 3 aromatic rings. The molecule has 6 heteroatoms. The van der Waals surface area contributed by atoms with Gasteiger partial charge in [0.1, 0.15) is 0 Å². The number of allylic oxidation sites excluding steroid dienone is 1. The number of thiophene rings is 1. The van der Waals surface area contributed by atoms with Crippen molar-refractivity contribution in [3.8, 4) is 11.5 Å². The SMILES string of the molecule is Cc1ccc(-c2noc(/C=C/C3CCC(C(c4cccs4)N(C)C)CC3)n2)n1C. The molecule has 0 radical (unpaired) electrons. The molecular weight excluding hydrogens is 380 g/mol. The first-order chi connectivity index (χ1) is 14.0. The summed E-state index contributed by atoms with van der Waals surface area (Å²) in [6.45, 7) is 2.07. The van der Waals surface area contributed by atoms with Crippen molar-refractivity contribution in [2.45, 2.75) is 38.6 Å². The van der Waals surface area contributed by atoms with Gasteiger partial charge in [-0.3, -0.25) is 0 Å². The minimum atomic E-state index is 0.534. The Morgan fingerprint density at radius 3 is 2.62 bits per heavy atom. The standard InChI is InChI=1S/C23H30N4OS/c1-16-7-13-19(27(16)4)23-24-21(28-25-23)14-10-17-8-11-18(12-9-17)22(26(2)3)20-6-5-15-29-20/h5-7,10,13-15,17-18,22H,8-9,11-12H2,1-4H3/b14-10+. The number of hydrogen-bond donors (Lipinski definition) is 0. The van der Waals surface area contributed by atoms with Gasteiger partial charge >= 0.3 is 0 Å². The van der Waals surface area contributed by atoms with E-state index in [1.165, 1.54) is 36.3 Å². The topological polar surface area (TPSA) is 47.1 Å². The minimum absolute atomic E-state index is 0.534. The van der Waals surface area contributed by atoms with Gasteiger partial charge in [-0.25, -0.2) is 0 Å². The van der Waals surface area contributed by atoms with Crippen LogP contribution >= 0.6 is 11.3 Å². The van der Waals surface area contributed by atoms with Crippen LogP contribution < -0.4 is 0 Å². The molecule has 0 spiro atoms. The first-order valence-corrected chi connectivity index (χ1v) is 11.3. The summed E-state index contributed by atoms with van der Waals surface area (Å²) in [7, 11) is 6.43. The van der Waals surface area contributed by atoms with Gasteiger partial charge in [0.15, 0.2) is 0 Å². The monoisotopic (exact) mass is 410 g/mol. The maximum atomic E-state index is 5.45. The largest absolute Gasteiger partial charge is 0.345 e. The first-order valence-electron chi connectivity index (χ1n) is 10.4. The van der Waals surface area contributed by atoms with Crippen LogP contribution in [-0.4, -0.2) is 33.7 Å². The third-order valence-corrected chi connectivity index (χ3v) is 7.15. The molecule has 1 fully saturated rings.